The number of aromatic amines is 1. The van der Waals surface area contributed by atoms with Gasteiger partial charge in [-0.2, -0.15) is 0 Å². The first-order valence-electron chi connectivity index (χ1n) is 11.9. The van der Waals surface area contributed by atoms with Crippen LogP contribution in [0.15, 0.2) is 24.3 Å². The van der Waals surface area contributed by atoms with Gasteiger partial charge in [-0.1, -0.05) is 0 Å². The number of rotatable bonds is 9. The quantitative estimate of drug-likeness (QED) is 0.451. The number of morpholine rings is 1. The summed E-state index contributed by atoms with van der Waals surface area (Å²) >= 11 is 0. The van der Waals surface area contributed by atoms with Gasteiger partial charge in [0.25, 0.3) is 5.91 Å². The Balaban J connectivity index is 0.000000285. The van der Waals surface area contributed by atoms with Gasteiger partial charge < -0.3 is 34.8 Å². The number of benzene rings is 1. The van der Waals surface area contributed by atoms with Crippen molar-refractivity contribution >= 4 is 24.3 Å². The van der Waals surface area contributed by atoms with Crippen molar-refractivity contribution in [3.63, 3.8) is 0 Å². The van der Waals surface area contributed by atoms with Gasteiger partial charge in [-0.3, -0.25) is 9.59 Å². The van der Waals surface area contributed by atoms with Gasteiger partial charge in [0.15, 0.2) is 6.10 Å². The van der Waals surface area contributed by atoms with Crippen molar-refractivity contribution in [1.82, 2.24) is 15.2 Å². The Morgan fingerprint density at radius 2 is 1.92 bits per heavy atom. The van der Waals surface area contributed by atoms with Gasteiger partial charge in [0, 0.05) is 50.2 Å². The summed E-state index contributed by atoms with van der Waals surface area (Å²) in [6.07, 6.45) is 0.982. The Morgan fingerprint density at radius 1 is 1.22 bits per heavy atom. The highest BCUT2D eigenvalue weighted by atomic mass is 19.1. The minimum absolute atomic E-state index is 0.0838. The smallest absolute Gasteiger partial charge is 0.253 e. The van der Waals surface area contributed by atoms with Crippen LogP contribution in [0.1, 0.15) is 29.4 Å². The molecule has 0 aliphatic carbocycles. The first kappa shape index (κ1) is 30.8. The number of hydrogen-bond donors (Lipinski definition) is 3. The maximum Gasteiger partial charge on any atom is 0.253 e. The molecule has 1 aromatic heterocycles. The summed E-state index contributed by atoms with van der Waals surface area (Å²) in [6, 6.07) is 6.49. The molecule has 1 unspecified atom stereocenters. The molecule has 9 nitrogen and oxygen atoms in total. The molecule has 2 heterocycles. The van der Waals surface area contributed by atoms with Gasteiger partial charge in [0.05, 0.1) is 19.8 Å². The predicted molar refractivity (Wildman–Crippen MR) is 138 cm³/mol. The van der Waals surface area contributed by atoms with Crippen LogP contribution >= 0.6 is 0 Å². The van der Waals surface area contributed by atoms with Gasteiger partial charge in [-0.15, -0.1) is 0 Å². The molecule has 36 heavy (non-hydrogen) atoms. The number of carbonyl (C=O) groups is 3. The normalized spacial score (nSPS) is 13.3. The van der Waals surface area contributed by atoms with E-state index in [2.05, 4.69) is 42.5 Å². The number of H-pyrrole nitrogens is 1. The van der Waals surface area contributed by atoms with Crippen LogP contribution in [-0.2, 0) is 30.3 Å². The van der Waals surface area contributed by atoms with Crippen molar-refractivity contribution < 1.29 is 28.2 Å². The molecular formula is C26H39FN4O5. The van der Waals surface area contributed by atoms with E-state index in [0.29, 0.717) is 44.9 Å². The van der Waals surface area contributed by atoms with Crippen LogP contribution in [0.2, 0.25) is 0 Å². The Morgan fingerprint density at radius 3 is 2.39 bits per heavy atom. The maximum absolute atomic E-state index is 12.7. The molecule has 0 spiro atoms. The fourth-order valence-electron chi connectivity index (χ4n) is 3.49. The van der Waals surface area contributed by atoms with E-state index in [4.69, 9.17) is 9.47 Å². The molecule has 1 fully saturated rings. The van der Waals surface area contributed by atoms with Gasteiger partial charge in [-0.25, -0.2) is 4.39 Å². The molecule has 3 rings (SSSR count). The van der Waals surface area contributed by atoms with Crippen LogP contribution in [0, 0.1) is 26.6 Å². The standard InChI is InChI=1S/C10H18N2O4.C9H10FNO.C7H11N/c1-2-16-9(7-11-8-13)10(14)12-3-5-15-6-4-12;1-11-9-3-2-8(10)6-7(9)4-5-12;1-5-4-6(2)8-7(5)3/h8-9H,2-7H2,1H3,(H,11,13);2-3,5-6,11H,4H2,1H3;4,8H,1-3H3. The maximum atomic E-state index is 12.7. The number of anilines is 1. The Hall–Kier alpha value is -3.24. The lowest BCUT2D eigenvalue weighted by Gasteiger charge is -2.30. The van der Waals surface area contributed by atoms with E-state index in [1.807, 2.05) is 6.92 Å². The topological polar surface area (TPSA) is 113 Å². The molecule has 0 radical (unpaired) electrons. The van der Waals surface area contributed by atoms with E-state index < -0.39 is 6.10 Å². The third-order valence-electron chi connectivity index (χ3n) is 5.40. The summed E-state index contributed by atoms with van der Waals surface area (Å²) in [5.74, 6) is -0.398. The second-order valence-corrected chi connectivity index (χ2v) is 8.09. The molecule has 10 heteroatoms. The fourth-order valence-corrected chi connectivity index (χ4v) is 3.49. The number of amides is 2. The van der Waals surface area contributed by atoms with E-state index in [1.165, 1.54) is 29.1 Å². The molecule has 1 aliphatic rings. The average Bonchev–Trinajstić information content (AvgIpc) is 3.17. The third-order valence-corrected chi connectivity index (χ3v) is 5.40. The molecule has 0 saturated carbocycles. The number of carbonyl (C=O) groups excluding carboxylic acids is 3. The highest BCUT2D eigenvalue weighted by Gasteiger charge is 2.25. The lowest BCUT2D eigenvalue weighted by Crippen LogP contribution is -2.49. The number of aromatic nitrogens is 1. The summed E-state index contributed by atoms with van der Waals surface area (Å²) in [5.41, 5.74) is 5.36. The Bertz CT molecular complexity index is 925. The van der Waals surface area contributed by atoms with Crippen molar-refractivity contribution in [2.45, 2.75) is 40.2 Å². The zero-order chi connectivity index (χ0) is 26.9. The van der Waals surface area contributed by atoms with E-state index >= 15 is 0 Å². The first-order chi connectivity index (χ1) is 17.3. The zero-order valence-electron chi connectivity index (χ0n) is 21.9. The number of nitrogens with zero attached hydrogens (tertiary/aromatic N) is 1. The monoisotopic (exact) mass is 506 g/mol. The van der Waals surface area contributed by atoms with Crippen molar-refractivity contribution in [1.29, 1.82) is 0 Å². The van der Waals surface area contributed by atoms with Gasteiger partial charge in [0.1, 0.15) is 12.1 Å². The molecule has 2 aromatic rings. The largest absolute Gasteiger partial charge is 0.388 e. The summed E-state index contributed by atoms with van der Waals surface area (Å²) in [5, 5.41) is 5.35. The van der Waals surface area contributed by atoms with Crippen LogP contribution in [-0.4, -0.2) is 81.1 Å². The van der Waals surface area contributed by atoms with Gasteiger partial charge >= 0.3 is 0 Å². The molecule has 2 amide bonds. The fraction of sp³-hybridized carbons (Fsp3) is 0.500. The third kappa shape index (κ3) is 11.0. The Kier molecular flexibility index (Phi) is 14.7. The molecule has 0 bridgehead atoms. The summed E-state index contributed by atoms with van der Waals surface area (Å²) in [4.78, 5) is 37.3. The number of aryl methyl sites for hydroxylation is 3. The first-order valence-corrected chi connectivity index (χ1v) is 11.9. The highest BCUT2D eigenvalue weighted by Crippen LogP contribution is 2.16. The molecule has 3 N–H and O–H groups in total. The van der Waals surface area contributed by atoms with Crippen LogP contribution in [0.3, 0.4) is 0 Å². The highest BCUT2D eigenvalue weighted by molar-refractivity contribution is 5.81. The molecule has 1 aliphatic heterocycles. The van der Waals surface area contributed by atoms with E-state index in [0.717, 1.165) is 12.0 Å². The van der Waals surface area contributed by atoms with E-state index in [9.17, 15) is 18.8 Å². The SMILES string of the molecule is CCOC(CNC=O)C(=O)N1CCOCC1.CNc1ccc(F)cc1CC=O.Cc1cc(C)c(C)[nH]1. The zero-order valence-corrected chi connectivity index (χ0v) is 21.9. The molecule has 200 valence electrons. The van der Waals surface area contributed by atoms with Crippen LogP contribution in [0.4, 0.5) is 10.1 Å². The number of aldehydes is 1. The number of halogens is 1. The minimum atomic E-state index is -0.590. The summed E-state index contributed by atoms with van der Waals surface area (Å²) in [7, 11) is 1.74. The van der Waals surface area contributed by atoms with Crippen molar-refractivity contribution in [2.24, 2.45) is 0 Å². The number of ether oxygens (including phenoxy) is 2. The van der Waals surface area contributed by atoms with Gasteiger partial charge in [0.2, 0.25) is 6.41 Å². The molecular weight excluding hydrogens is 467 g/mol. The average molecular weight is 507 g/mol. The predicted octanol–water partition coefficient (Wildman–Crippen LogP) is 2.55. The lowest BCUT2D eigenvalue weighted by molar-refractivity contribution is -0.147. The number of hydrogen-bond acceptors (Lipinski definition) is 6. The number of nitrogens with one attached hydrogen (secondary N) is 3. The van der Waals surface area contributed by atoms with Crippen molar-refractivity contribution in [2.75, 3.05) is 51.8 Å². The van der Waals surface area contributed by atoms with E-state index in [1.54, 1.807) is 18.0 Å². The lowest BCUT2D eigenvalue weighted by atomic mass is 10.1. The molecule has 1 atom stereocenters. The van der Waals surface area contributed by atoms with Gasteiger partial charge in [-0.05, 0) is 63.1 Å². The second kappa shape index (κ2) is 17.2. The van der Waals surface area contributed by atoms with Crippen LogP contribution in [0.5, 0.6) is 0 Å². The van der Waals surface area contributed by atoms with Crippen molar-refractivity contribution in [3.8, 4) is 0 Å². The second-order valence-electron chi connectivity index (χ2n) is 8.09. The van der Waals surface area contributed by atoms with E-state index in [-0.39, 0.29) is 24.7 Å². The van der Waals surface area contributed by atoms with Crippen molar-refractivity contribution in [3.05, 3.63) is 52.6 Å². The van der Waals surface area contributed by atoms with Crippen LogP contribution in [0.25, 0.3) is 0 Å². The van der Waals surface area contributed by atoms with Crippen LogP contribution < -0.4 is 10.6 Å². The summed E-state index contributed by atoms with van der Waals surface area (Å²) < 4.78 is 23.1. The molecule has 1 saturated heterocycles. The molecule has 1 aromatic carbocycles. The Labute approximate surface area is 212 Å². The minimum Gasteiger partial charge on any atom is -0.388 e. The summed E-state index contributed by atoms with van der Waals surface area (Å²) in [6.45, 7) is 11.0.